The van der Waals surface area contributed by atoms with E-state index in [1.54, 1.807) is 36.1 Å². The van der Waals surface area contributed by atoms with Crippen LogP contribution in [-0.4, -0.2) is 56.6 Å². The van der Waals surface area contributed by atoms with Gasteiger partial charge in [0.05, 0.1) is 11.9 Å². The lowest BCUT2D eigenvalue weighted by molar-refractivity contribution is -0.140. The van der Waals surface area contributed by atoms with Crippen LogP contribution in [0.2, 0.25) is 0 Å². The van der Waals surface area contributed by atoms with Crippen molar-refractivity contribution >= 4 is 27.5 Å². The molecule has 2 rings (SSSR count). The van der Waals surface area contributed by atoms with E-state index in [1.165, 1.54) is 4.31 Å². The lowest BCUT2D eigenvalue weighted by atomic mass is 10.1. The molecule has 0 spiro atoms. The van der Waals surface area contributed by atoms with Crippen LogP contribution < -0.4 is 9.62 Å². The number of carbonyl (C=O) groups is 2. The largest absolute Gasteiger partial charge is 0.352 e. The van der Waals surface area contributed by atoms with Gasteiger partial charge in [0, 0.05) is 25.6 Å². The maximum atomic E-state index is 13.2. The summed E-state index contributed by atoms with van der Waals surface area (Å²) in [5, 5.41) is 2.96. The van der Waals surface area contributed by atoms with Crippen LogP contribution in [0, 0.1) is 0 Å². The molecule has 0 bridgehead atoms. The number of sulfonamides is 1. The number of rotatable bonds is 13. The summed E-state index contributed by atoms with van der Waals surface area (Å²) >= 11 is 0. The predicted molar refractivity (Wildman–Crippen MR) is 137 cm³/mol. The molecular weight excluding hydrogens is 450 g/mol. The Labute approximate surface area is 204 Å². The van der Waals surface area contributed by atoms with Crippen molar-refractivity contribution in [2.24, 2.45) is 0 Å². The summed E-state index contributed by atoms with van der Waals surface area (Å²) in [6.07, 6.45) is 3.09. The van der Waals surface area contributed by atoms with Gasteiger partial charge in [-0.1, -0.05) is 55.5 Å². The molecule has 0 radical (unpaired) electrons. The van der Waals surface area contributed by atoms with Crippen LogP contribution in [0.25, 0.3) is 0 Å². The Hall–Kier alpha value is -2.87. The van der Waals surface area contributed by atoms with E-state index in [9.17, 15) is 18.0 Å². The average molecular weight is 488 g/mol. The number of nitrogens with one attached hydrogen (secondary N) is 1. The number of benzene rings is 2. The first-order valence-electron chi connectivity index (χ1n) is 11.8. The van der Waals surface area contributed by atoms with E-state index in [0.717, 1.165) is 18.2 Å². The Morgan fingerprint density at radius 2 is 1.53 bits per heavy atom. The van der Waals surface area contributed by atoms with Crippen molar-refractivity contribution in [3.8, 4) is 0 Å². The van der Waals surface area contributed by atoms with Gasteiger partial charge in [-0.25, -0.2) is 8.42 Å². The highest BCUT2D eigenvalue weighted by Crippen LogP contribution is 2.18. The molecule has 0 saturated carbocycles. The fourth-order valence-electron chi connectivity index (χ4n) is 3.63. The van der Waals surface area contributed by atoms with Gasteiger partial charge < -0.3 is 10.2 Å². The minimum absolute atomic E-state index is 0.0233. The first kappa shape index (κ1) is 27.4. The lowest BCUT2D eigenvalue weighted by Crippen LogP contribution is -2.50. The van der Waals surface area contributed by atoms with Crippen molar-refractivity contribution in [1.82, 2.24) is 10.2 Å². The van der Waals surface area contributed by atoms with Gasteiger partial charge in [-0.15, -0.1) is 0 Å². The minimum atomic E-state index is -3.48. The Morgan fingerprint density at radius 3 is 2.09 bits per heavy atom. The molecule has 0 unspecified atom stereocenters. The zero-order valence-electron chi connectivity index (χ0n) is 20.6. The van der Waals surface area contributed by atoms with E-state index in [4.69, 9.17) is 0 Å². The number of hydrogen-bond acceptors (Lipinski definition) is 4. The van der Waals surface area contributed by atoms with Gasteiger partial charge in [0.2, 0.25) is 21.8 Å². The summed E-state index contributed by atoms with van der Waals surface area (Å²) in [5.41, 5.74) is 1.65. The number of para-hydroxylation sites is 1. The Bertz CT molecular complexity index is 1010. The summed E-state index contributed by atoms with van der Waals surface area (Å²) in [6.45, 7) is 6.27. The smallest absolute Gasteiger partial charge is 0.242 e. The standard InChI is InChI=1S/C26H37N3O4S/c1-5-21(2)27-26(31)22(3)28(20-18-23-13-8-6-9-14-23)25(30)17-12-19-29(34(4,32)33)24-15-10-7-11-16-24/h6-11,13-16,21-22H,5,12,17-20H2,1-4H3,(H,27,31)/t21-,22+/m0/s1. The van der Waals surface area contributed by atoms with Crippen molar-refractivity contribution in [2.45, 2.75) is 58.5 Å². The maximum Gasteiger partial charge on any atom is 0.242 e. The molecule has 0 heterocycles. The van der Waals surface area contributed by atoms with Gasteiger partial charge in [-0.2, -0.15) is 0 Å². The van der Waals surface area contributed by atoms with Crippen molar-refractivity contribution < 1.29 is 18.0 Å². The lowest BCUT2D eigenvalue weighted by Gasteiger charge is -2.30. The topological polar surface area (TPSA) is 86.8 Å². The molecule has 0 aliphatic rings. The molecule has 2 atom stereocenters. The number of hydrogen-bond donors (Lipinski definition) is 1. The van der Waals surface area contributed by atoms with Crippen LogP contribution in [0.3, 0.4) is 0 Å². The molecule has 7 nitrogen and oxygen atoms in total. The monoisotopic (exact) mass is 487 g/mol. The van der Waals surface area contributed by atoms with Gasteiger partial charge in [0.25, 0.3) is 0 Å². The van der Waals surface area contributed by atoms with E-state index in [1.807, 2.05) is 50.2 Å². The average Bonchev–Trinajstić information content (AvgIpc) is 2.82. The summed E-state index contributed by atoms with van der Waals surface area (Å²) in [5.74, 6) is -0.345. The maximum absolute atomic E-state index is 13.2. The van der Waals surface area contributed by atoms with Gasteiger partial charge in [0.1, 0.15) is 6.04 Å². The van der Waals surface area contributed by atoms with Gasteiger partial charge in [0.15, 0.2) is 0 Å². The van der Waals surface area contributed by atoms with E-state index in [-0.39, 0.29) is 30.8 Å². The van der Waals surface area contributed by atoms with Gasteiger partial charge in [-0.05, 0) is 50.8 Å². The fraction of sp³-hybridized carbons (Fsp3) is 0.462. The first-order chi connectivity index (χ1) is 16.1. The highest BCUT2D eigenvalue weighted by atomic mass is 32.2. The third kappa shape index (κ3) is 8.48. The summed E-state index contributed by atoms with van der Waals surface area (Å²) in [7, 11) is -3.48. The summed E-state index contributed by atoms with van der Waals surface area (Å²) < 4.78 is 25.9. The normalized spacial score (nSPS) is 13.1. The second kappa shape index (κ2) is 13.1. The molecule has 0 saturated heterocycles. The molecule has 186 valence electrons. The molecule has 8 heteroatoms. The highest BCUT2D eigenvalue weighted by molar-refractivity contribution is 7.92. The molecule has 2 aromatic carbocycles. The second-order valence-corrected chi connectivity index (χ2v) is 10.5. The summed E-state index contributed by atoms with van der Waals surface area (Å²) in [4.78, 5) is 27.6. The van der Waals surface area contributed by atoms with E-state index >= 15 is 0 Å². The van der Waals surface area contributed by atoms with Crippen LogP contribution in [0.5, 0.6) is 0 Å². The highest BCUT2D eigenvalue weighted by Gasteiger charge is 2.26. The number of amides is 2. The van der Waals surface area contributed by atoms with Crippen molar-refractivity contribution in [2.75, 3.05) is 23.7 Å². The Kier molecular flexibility index (Phi) is 10.6. The first-order valence-corrected chi connectivity index (χ1v) is 13.6. The van der Waals surface area contributed by atoms with Crippen LogP contribution in [0.4, 0.5) is 5.69 Å². The van der Waals surface area contributed by atoms with Crippen molar-refractivity contribution in [3.05, 3.63) is 66.2 Å². The van der Waals surface area contributed by atoms with Crippen LogP contribution >= 0.6 is 0 Å². The minimum Gasteiger partial charge on any atom is -0.352 e. The molecule has 2 amide bonds. The molecule has 34 heavy (non-hydrogen) atoms. The molecule has 2 aromatic rings. The number of anilines is 1. The molecular formula is C26H37N3O4S. The number of carbonyl (C=O) groups excluding carboxylic acids is 2. The van der Waals surface area contributed by atoms with Crippen LogP contribution in [0.15, 0.2) is 60.7 Å². The third-order valence-electron chi connectivity index (χ3n) is 5.85. The molecule has 0 aliphatic heterocycles. The van der Waals surface area contributed by atoms with Gasteiger partial charge >= 0.3 is 0 Å². The Balaban J connectivity index is 2.09. The molecule has 0 aromatic heterocycles. The molecule has 0 fully saturated rings. The van der Waals surface area contributed by atoms with E-state index in [2.05, 4.69) is 5.32 Å². The van der Waals surface area contributed by atoms with Crippen LogP contribution in [0.1, 0.15) is 45.6 Å². The molecule has 0 aliphatic carbocycles. The van der Waals surface area contributed by atoms with Crippen LogP contribution in [-0.2, 0) is 26.0 Å². The zero-order chi connectivity index (χ0) is 25.1. The molecule has 1 N–H and O–H groups in total. The zero-order valence-corrected chi connectivity index (χ0v) is 21.4. The third-order valence-corrected chi connectivity index (χ3v) is 7.04. The predicted octanol–water partition coefficient (Wildman–Crippen LogP) is 3.61. The van der Waals surface area contributed by atoms with E-state index < -0.39 is 16.1 Å². The number of nitrogens with zero attached hydrogens (tertiary/aromatic N) is 2. The van der Waals surface area contributed by atoms with Crippen molar-refractivity contribution in [1.29, 1.82) is 0 Å². The van der Waals surface area contributed by atoms with Gasteiger partial charge in [-0.3, -0.25) is 13.9 Å². The second-order valence-electron chi connectivity index (χ2n) is 8.59. The fourth-order valence-corrected chi connectivity index (χ4v) is 4.60. The SMILES string of the molecule is CC[C@H](C)NC(=O)[C@@H](C)N(CCc1ccccc1)C(=O)CCCN(c1ccccc1)S(C)(=O)=O. The summed E-state index contributed by atoms with van der Waals surface area (Å²) in [6, 6.07) is 18.1. The quantitative estimate of drug-likeness (QED) is 0.468. The van der Waals surface area contributed by atoms with Crippen molar-refractivity contribution in [3.63, 3.8) is 0 Å². The Morgan fingerprint density at radius 1 is 0.941 bits per heavy atom. The van der Waals surface area contributed by atoms with E-state index in [0.29, 0.717) is 25.1 Å².